The summed E-state index contributed by atoms with van der Waals surface area (Å²) in [7, 11) is 0. The van der Waals surface area contributed by atoms with Gasteiger partial charge in [0, 0.05) is 22.5 Å². The first-order valence-corrected chi connectivity index (χ1v) is 10.4. The predicted octanol–water partition coefficient (Wildman–Crippen LogP) is 4.30. The van der Waals surface area contributed by atoms with Gasteiger partial charge in [0.25, 0.3) is 0 Å². The summed E-state index contributed by atoms with van der Waals surface area (Å²) in [6, 6.07) is 7.13. The quantitative estimate of drug-likeness (QED) is 0.406. The number of halogens is 4. The van der Waals surface area contributed by atoms with Crippen molar-refractivity contribution in [2.75, 3.05) is 0 Å². The molecule has 4 nitrogen and oxygen atoms in total. The second kappa shape index (κ2) is 8.34. The average Bonchev–Trinajstić information content (AvgIpc) is 2.90. The van der Waals surface area contributed by atoms with Crippen molar-refractivity contribution >= 4 is 23.2 Å². The minimum Gasteiger partial charge on any atom is -0.367 e. The first-order chi connectivity index (χ1) is 13.8. The minimum absolute atomic E-state index is 0.0840. The monoisotopic (exact) mass is 458 g/mol. The van der Waals surface area contributed by atoms with Gasteiger partial charge in [-0.15, -0.1) is 0 Å². The summed E-state index contributed by atoms with van der Waals surface area (Å²) >= 11 is 11.9. The van der Waals surface area contributed by atoms with Crippen molar-refractivity contribution in [2.24, 2.45) is 11.1 Å². The van der Waals surface area contributed by atoms with Crippen LogP contribution in [0.15, 0.2) is 36.4 Å². The van der Waals surface area contributed by atoms with E-state index in [2.05, 4.69) is 5.32 Å². The topological polar surface area (TPSA) is 78.5 Å². The molecule has 1 fully saturated rings. The highest BCUT2D eigenvalue weighted by Gasteiger charge is 2.57. The summed E-state index contributed by atoms with van der Waals surface area (Å²) in [6.07, 6.45) is -1.32. The molecule has 0 aromatic heterocycles. The van der Waals surface area contributed by atoms with Crippen molar-refractivity contribution < 1.29 is 19.0 Å². The van der Waals surface area contributed by atoms with E-state index < -0.39 is 41.5 Å². The van der Waals surface area contributed by atoms with E-state index in [4.69, 9.17) is 28.9 Å². The fourth-order valence-corrected chi connectivity index (χ4v) is 4.82. The second-order valence-electron chi connectivity index (χ2n) is 9.14. The standard InChI is InChI=1S/C22H26Cl2F2N2O2/c1-21(2,3)10-17-22(27,13-8-16(26)14(24)9-15(13)25)18(19(28-17)20(29)30)11-5-4-6-12(23)7-11/h4-9,17-20,28-30H,10,27H2,1-3H3. The average molecular weight is 459 g/mol. The smallest absolute Gasteiger partial charge is 0.167 e. The molecule has 3 rings (SSSR count). The highest BCUT2D eigenvalue weighted by Crippen LogP contribution is 2.49. The number of aliphatic hydroxyl groups excluding tert-OH is 1. The van der Waals surface area contributed by atoms with Crippen LogP contribution < -0.4 is 11.1 Å². The summed E-state index contributed by atoms with van der Waals surface area (Å²) in [5.74, 6) is -2.37. The number of benzene rings is 2. The number of rotatable bonds is 4. The summed E-state index contributed by atoms with van der Waals surface area (Å²) in [5.41, 5.74) is 5.68. The third-order valence-electron chi connectivity index (χ3n) is 5.67. The van der Waals surface area contributed by atoms with E-state index in [0.717, 1.165) is 12.1 Å². The molecule has 1 aliphatic rings. The van der Waals surface area contributed by atoms with Gasteiger partial charge in [-0.1, -0.05) is 56.1 Å². The van der Waals surface area contributed by atoms with Crippen LogP contribution in [-0.2, 0) is 5.54 Å². The Kier molecular flexibility index (Phi) is 6.50. The van der Waals surface area contributed by atoms with Gasteiger partial charge in [0.15, 0.2) is 6.29 Å². The van der Waals surface area contributed by atoms with Gasteiger partial charge in [0.2, 0.25) is 0 Å². The van der Waals surface area contributed by atoms with Crippen LogP contribution in [0.3, 0.4) is 0 Å². The van der Waals surface area contributed by atoms with Gasteiger partial charge in [-0.25, -0.2) is 8.78 Å². The predicted molar refractivity (Wildman–Crippen MR) is 114 cm³/mol. The molecule has 0 amide bonds. The Bertz CT molecular complexity index is 936. The van der Waals surface area contributed by atoms with Crippen LogP contribution >= 0.6 is 23.2 Å². The van der Waals surface area contributed by atoms with Crippen LogP contribution in [0.4, 0.5) is 8.78 Å². The Morgan fingerprint density at radius 2 is 1.80 bits per heavy atom. The molecular weight excluding hydrogens is 433 g/mol. The molecule has 4 unspecified atom stereocenters. The highest BCUT2D eigenvalue weighted by atomic mass is 35.5. The molecule has 1 aliphatic heterocycles. The van der Waals surface area contributed by atoms with E-state index in [1.54, 1.807) is 24.3 Å². The summed E-state index contributed by atoms with van der Waals surface area (Å²) in [5, 5.41) is 23.5. The lowest BCUT2D eigenvalue weighted by molar-refractivity contribution is -0.0685. The first-order valence-electron chi connectivity index (χ1n) is 9.66. The van der Waals surface area contributed by atoms with Crippen LogP contribution in [0.1, 0.15) is 44.2 Å². The summed E-state index contributed by atoms with van der Waals surface area (Å²) in [4.78, 5) is 0. The van der Waals surface area contributed by atoms with Gasteiger partial charge in [0.1, 0.15) is 11.6 Å². The first kappa shape index (κ1) is 23.4. The van der Waals surface area contributed by atoms with Gasteiger partial charge in [-0.05, 0) is 41.7 Å². The lowest BCUT2D eigenvalue weighted by Crippen LogP contribution is -2.52. The zero-order valence-corrected chi connectivity index (χ0v) is 18.5. The van der Waals surface area contributed by atoms with Gasteiger partial charge >= 0.3 is 0 Å². The lowest BCUT2D eigenvalue weighted by Gasteiger charge is -2.40. The fraction of sp³-hybridized carbons (Fsp3) is 0.455. The molecule has 0 aliphatic carbocycles. The molecule has 0 spiro atoms. The van der Waals surface area contributed by atoms with Crippen LogP contribution in [-0.4, -0.2) is 28.6 Å². The molecule has 5 N–H and O–H groups in total. The molecule has 4 atom stereocenters. The van der Waals surface area contributed by atoms with Crippen LogP contribution in [0.2, 0.25) is 10.0 Å². The minimum atomic E-state index is -1.79. The maximum absolute atomic E-state index is 15.1. The largest absolute Gasteiger partial charge is 0.367 e. The molecular formula is C22H26Cl2F2N2O2. The van der Waals surface area contributed by atoms with Crippen molar-refractivity contribution in [2.45, 2.75) is 57.0 Å². The number of hydrogen-bond donors (Lipinski definition) is 4. The van der Waals surface area contributed by atoms with Gasteiger partial charge in [0.05, 0.1) is 16.6 Å². The Hall–Kier alpha value is -1.28. The Labute approximate surface area is 185 Å². The van der Waals surface area contributed by atoms with E-state index in [1.807, 2.05) is 20.8 Å². The van der Waals surface area contributed by atoms with Gasteiger partial charge in [-0.2, -0.15) is 0 Å². The molecule has 2 aromatic carbocycles. The normalized spacial score (nSPS) is 27.1. The molecule has 0 bridgehead atoms. The molecule has 1 saturated heterocycles. The van der Waals surface area contributed by atoms with Gasteiger partial charge < -0.3 is 21.3 Å². The summed E-state index contributed by atoms with van der Waals surface area (Å²) < 4.78 is 29.5. The lowest BCUT2D eigenvalue weighted by atomic mass is 9.68. The third-order valence-corrected chi connectivity index (χ3v) is 6.19. The third kappa shape index (κ3) is 4.35. The van der Waals surface area contributed by atoms with Crippen LogP contribution in [0, 0.1) is 17.0 Å². The van der Waals surface area contributed by atoms with E-state index in [0.29, 0.717) is 17.0 Å². The van der Waals surface area contributed by atoms with E-state index in [9.17, 15) is 14.6 Å². The molecule has 0 radical (unpaired) electrons. The highest BCUT2D eigenvalue weighted by molar-refractivity contribution is 6.31. The fourth-order valence-electron chi connectivity index (χ4n) is 4.47. The van der Waals surface area contributed by atoms with Crippen LogP contribution in [0.5, 0.6) is 0 Å². The second-order valence-corrected chi connectivity index (χ2v) is 9.98. The zero-order chi connectivity index (χ0) is 22.4. The molecule has 2 aromatic rings. The van der Waals surface area contributed by atoms with Crippen molar-refractivity contribution in [1.82, 2.24) is 5.32 Å². The Balaban J connectivity index is 2.28. The number of nitrogens with one attached hydrogen (secondary N) is 1. The van der Waals surface area contributed by atoms with Crippen molar-refractivity contribution in [3.8, 4) is 0 Å². The summed E-state index contributed by atoms with van der Waals surface area (Å²) in [6.45, 7) is 5.97. The Morgan fingerprint density at radius 3 is 2.37 bits per heavy atom. The molecule has 0 saturated carbocycles. The number of nitrogens with two attached hydrogens (primary N) is 1. The van der Waals surface area contributed by atoms with Crippen LogP contribution in [0.25, 0.3) is 0 Å². The maximum atomic E-state index is 15.1. The van der Waals surface area contributed by atoms with E-state index >= 15 is 4.39 Å². The molecule has 30 heavy (non-hydrogen) atoms. The number of aliphatic hydroxyl groups is 2. The van der Waals surface area contributed by atoms with E-state index in [1.165, 1.54) is 0 Å². The molecule has 164 valence electrons. The SMILES string of the molecule is CC(C)(C)CC1NC(C(O)O)C(c2cccc(Cl)c2)C1(N)c1cc(F)c(Cl)cc1F. The van der Waals surface area contributed by atoms with Crippen molar-refractivity contribution in [1.29, 1.82) is 0 Å². The zero-order valence-electron chi connectivity index (χ0n) is 17.0. The van der Waals surface area contributed by atoms with Crippen molar-refractivity contribution in [3.05, 3.63) is 69.2 Å². The number of hydrogen-bond acceptors (Lipinski definition) is 4. The Morgan fingerprint density at radius 1 is 1.13 bits per heavy atom. The van der Waals surface area contributed by atoms with Crippen molar-refractivity contribution in [3.63, 3.8) is 0 Å². The van der Waals surface area contributed by atoms with E-state index in [-0.39, 0.29) is 16.0 Å². The van der Waals surface area contributed by atoms with Gasteiger partial charge in [-0.3, -0.25) is 0 Å². The maximum Gasteiger partial charge on any atom is 0.167 e. The molecule has 1 heterocycles. The molecule has 8 heteroatoms.